The topological polar surface area (TPSA) is 114 Å². The fourth-order valence-electron chi connectivity index (χ4n) is 2.36. The molecule has 2 rings (SSSR count). The van der Waals surface area contributed by atoms with E-state index < -0.39 is 30.3 Å². The number of carbonyl (C=O) groups is 4. The molecule has 0 fully saturated rings. The highest BCUT2D eigenvalue weighted by Crippen LogP contribution is 2.14. The number of rotatable bonds is 8. The summed E-state index contributed by atoms with van der Waals surface area (Å²) >= 11 is 5.89. The van der Waals surface area contributed by atoms with E-state index >= 15 is 0 Å². The first kappa shape index (κ1) is 22.9. The van der Waals surface area contributed by atoms with Gasteiger partial charge in [0.1, 0.15) is 0 Å². The minimum atomic E-state index is -0.709. The van der Waals surface area contributed by atoms with Gasteiger partial charge in [-0.3, -0.25) is 30.0 Å². The third-order valence-electron chi connectivity index (χ3n) is 4.00. The Morgan fingerprint density at radius 3 is 2.27 bits per heavy atom. The molecule has 0 saturated carbocycles. The van der Waals surface area contributed by atoms with Crippen molar-refractivity contribution < 1.29 is 23.9 Å². The standard InChI is InChI=1S/C21H22ClN3O5/c1-2-14-7-9-15(10-8-14)23-19(27)13-30-20(28)12-11-18(26)24-25-21(29)16-5-3-4-6-17(16)22/h3-10H,2,11-13H2,1H3,(H,23,27)(H,24,26)(H,25,29). The van der Waals surface area contributed by atoms with E-state index in [-0.39, 0.29) is 23.4 Å². The lowest BCUT2D eigenvalue weighted by molar-refractivity contribution is -0.148. The molecule has 9 heteroatoms. The second kappa shape index (κ2) is 11.6. The molecule has 0 aliphatic carbocycles. The summed E-state index contributed by atoms with van der Waals surface area (Å²) in [6.45, 7) is 1.57. The first-order valence-electron chi connectivity index (χ1n) is 9.27. The Kier molecular flexibility index (Phi) is 8.83. The molecule has 0 aromatic heterocycles. The second-order valence-electron chi connectivity index (χ2n) is 6.24. The fraction of sp³-hybridized carbons (Fsp3) is 0.238. The lowest BCUT2D eigenvalue weighted by atomic mass is 10.1. The number of halogens is 1. The van der Waals surface area contributed by atoms with Crippen LogP contribution in [0, 0.1) is 0 Å². The summed E-state index contributed by atoms with van der Waals surface area (Å²) in [5, 5.41) is 2.86. The lowest BCUT2D eigenvalue weighted by Gasteiger charge is -2.09. The maximum absolute atomic E-state index is 11.9. The van der Waals surface area contributed by atoms with Crippen LogP contribution in [0.3, 0.4) is 0 Å². The van der Waals surface area contributed by atoms with Gasteiger partial charge in [0.05, 0.1) is 17.0 Å². The van der Waals surface area contributed by atoms with Crippen LogP contribution in [0.4, 0.5) is 5.69 Å². The first-order chi connectivity index (χ1) is 14.4. The molecule has 158 valence electrons. The van der Waals surface area contributed by atoms with Crippen LogP contribution in [0.2, 0.25) is 5.02 Å². The van der Waals surface area contributed by atoms with Gasteiger partial charge >= 0.3 is 5.97 Å². The Hall–Kier alpha value is -3.39. The molecule has 0 unspecified atom stereocenters. The third kappa shape index (κ3) is 7.56. The van der Waals surface area contributed by atoms with E-state index in [1.54, 1.807) is 30.3 Å². The summed E-state index contributed by atoms with van der Waals surface area (Å²) in [6.07, 6.45) is 0.428. The maximum Gasteiger partial charge on any atom is 0.306 e. The fourth-order valence-corrected chi connectivity index (χ4v) is 2.58. The van der Waals surface area contributed by atoms with Gasteiger partial charge in [-0.25, -0.2) is 0 Å². The van der Waals surface area contributed by atoms with Gasteiger partial charge in [-0.15, -0.1) is 0 Å². The molecule has 0 aliphatic heterocycles. The van der Waals surface area contributed by atoms with Crippen molar-refractivity contribution in [3.05, 3.63) is 64.7 Å². The molecule has 2 aromatic carbocycles. The zero-order valence-electron chi connectivity index (χ0n) is 16.4. The molecule has 0 bridgehead atoms. The van der Waals surface area contributed by atoms with Gasteiger partial charge in [0.2, 0.25) is 5.91 Å². The summed E-state index contributed by atoms with van der Waals surface area (Å²) in [6, 6.07) is 13.7. The minimum Gasteiger partial charge on any atom is -0.456 e. The summed E-state index contributed by atoms with van der Waals surface area (Å²) < 4.78 is 4.85. The Morgan fingerprint density at radius 2 is 1.60 bits per heavy atom. The molecule has 0 heterocycles. The molecule has 3 N–H and O–H groups in total. The Bertz CT molecular complexity index is 915. The number of anilines is 1. The number of benzene rings is 2. The number of ether oxygens (including phenoxy) is 1. The van der Waals surface area contributed by atoms with Crippen molar-refractivity contribution >= 4 is 41.0 Å². The Labute approximate surface area is 178 Å². The molecule has 0 atom stereocenters. The molecule has 8 nitrogen and oxygen atoms in total. The van der Waals surface area contributed by atoms with Crippen LogP contribution in [-0.2, 0) is 25.5 Å². The van der Waals surface area contributed by atoms with Crippen LogP contribution in [0.1, 0.15) is 35.7 Å². The van der Waals surface area contributed by atoms with Crippen LogP contribution in [0.15, 0.2) is 48.5 Å². The molecule has 0 saturated heterocycles. The van der Waals surface area contributed by atoms with Crippen LogP contribution in [0.25, 0.3) is 0 Å². The number of hydrogen-bond acceptors (Lipinski definition) is 5. The van der Waals surface area contributed by atoms with Gasteiger partial charge in [-0.1, -0.05) is 42.8 Å². The van der Waals surface area contributed by atoms with Crippen molar-refractivity contribution in [1.29, 1.82) is 0 Å². The van der Waals surface area contributed by atoms with E-state index in [1.807, 2.05) is 19.1 Å². The van der Waals surface area contributed by atoms with Gasteiger partial charge in [0, 0.05) is 12.1 Å². The van der Waals surface area contributed by atoms with E-state index in [2.05, 4.69) is 16.2 Å². The van der Waals surface area contributed by atoms with Gasteiger partial charge < -0.3 is 10.1 Å². The predicted octanol–water partition coefficient (Wildman–Crippen LogP) is 2.63. The van der Waals surface area contributed by atoms with Crippen LogP contribution >= 0.6 is 11.6 Å². The summed E-state index contributed by atoms with van der Waals surface area (Å²) in [4.78, 5) is 47.2. The second-order valence-corrected chi connectivity index (χ2v) is 6.65. The quantitative estimate of drug-likeness (QED) is 0.439. The number of esters is 1. The van der Waals surface area contributed by atoms with Crippen molar-refractivity contribution in [3.8, 4) is 0 Å². The molecular formula is C21H22ClN3O5. The van der Waals surface area contributed by atoms with Crippen molar-refractivity contribution in [2.75, 3.05) is 11.9 Å². The van der Waals surface area contributed by atoms with E-state index in [0.717, 1.165) is 12.0 Å². The number of amides is 3. The average Bonchev–Trinajstić information content (AvgIpc) is 2.75. The molecule has 3 amide bonds. The molecule has 0 spiro atoms. The van der Waals surface area contributed by atoms with Crippen molar-refractivity contribution in [1.82, 2.24) is 10.9 Å². The number of aryl methyl sites for hydroxylation is 1. The van der Waals surface area contributed by atoms with Crippen molar-refractivity contribution in [3.63, 3.8) is 0 Å². The smallest absolute Gasteiger partial charge is 0.306 e. The monoisotopic (exact) mass is 431 g/mol. The van der Waals surface area contributed by atoms with E-state index in [0.29, 0.717) is 5.69 Å². The van der Waals surface area contributed by atoms with Crippen LogP contribution < -0.4 is 16.2 Å². The molecule has 30 heavy (non-hydrogen) atoms. The van der Waals surface area contributed by atoms with E-state index in [9.17, 15) is 19.2 Å². The van der Waals surface area contributed by atoms with Gasteiger partial charge in [0.25, 0.3) is 11.8 Å². The largest absolute Gasteiger partial charge is 0.456 e. The van der Waals surface area contributed by atoms with E-state index in [4.69, 9.17) is 16.3 Å². The summed E-state index contributed by atoms with van der Waals surface area (Å²) in [5.41, 5.74) is 6.34. The van der Waals surface area contributed by atoms with Crippen molar-refractivity contribution in [2.45, 2.75) is 26.2 Å². The highest BCUT2D eigenvalue weighted by Gasteiger charge is 2.13. The van der Waals surface area contributed by atoms with Crippen LogP contribution in [-0.4, -0.2) is 30.3 Å². The minimum absolute atomic E-state index is 0.203. The highest BCUT2D eigenvalue weighted by molar-refractivity contribution is 6.33. The molecule has 0 aliphatic rings. The predicted molar refractivity (Wildman–Crippen MR) is 112 cm³/mol. The van der Waals surface area contributed by atoms with Gasteiger partial charge in [0.15, 0.2) is 6.61 Å². The van der Waals surface area contributed by atoms with E-state index in [1.165, 1.54) is 6.07 Å². The summed E-state index contributed by atoms with van der Waals surface area (Å²) in [5.74, 6) is -2.36. The molecule has 2 aromatic rings. The molecule has 0 radical (unpaired) electrons. The van der Waals surface area contributed by atoms with Crippen LogP contribution in [0.5, 0.6) is 0 Å². The SMILES string of the molecule is CCc1ccc(NC(=O)COC(=O)CCC(=O)NNC(=O)c2ccccc2Cl)cc1. The highest BCUT2D eigenvalue weighted by atomic mass is 35.5. The number of hydrogen-bond donors (Lipinski definition) is 3. The zero-order chi connectivity index (χ0) is 21.9. The number of carbonyl (C=O) groups excluding carboxylic acids is 4. The Balaban J connectivity index is 1.64. The normalized spacial score (nSPS) is 10.1. The Morgan fingerprint density at radius 1 is 0.900 bits per heavy atom. The lowest BCUT2D eigenvalue weighted by Crippen LogP contribution is -2.41. The zero-order valence-corrected chi connectivity index (χ0v) is 17.1. The first-order valence-corrected chi connectivity index (χ1v) is 9.65. The average molecular weight is 432 g/mol. The molecular weight excluding hydrogens is 410 g/mol. The summed E-state index contributed by atoms with van der Waals surface area (Å²) in [7, 11) is 0. The number of hydrazine groups is 1. The maximum atomic E-state index is 11.9. The van der Waals surface area contributed by atoms with Gasteiger partial charge in [-0.05, 0) is 36.2 Å². The van der Waals surface area contributed by atoms with Gasteiger partial charge in [-0.2, -0.15) is 0 Å². The number of nitrogens with one attached hydrogen (secondary N) is 3. The van der Waals surface area contributed by atoms with Crippen molar-refractivity contribution in [2.24, 2.45) is 0 Å². The third-order valence-corrected chi connectivity index (χ3v) is 4.33.